The lowest BCUT2D eigenvalue weighted by molar-refractivity contribution is 0.214. The largest absolute Gasteiger partial charge is 0.475 e. The number of nitrogens with one attached hydrogen (secondary N) is 1. The molecular formula is C10H15ClN4O2S. The van der Waals surface area contributed by atoms with E-state index in [1.165, 1.54) is 0 Å². The van der Waals surface area contributed by atoms with Gasteiger partial charge in [0.15, 0.2) is 5.15 Å². The molecule has 0 saturated carbocycles. The molecule has 1 aliphatic rings. The van der Waals surface area contributed by atoms with Crippen molar-refractivity contribution >= 4 is 21.3 Å². The fraction of sp³-hybridized carbons (Fsp3) is 0.600. The molecule has 100 valence electrons. The van der Waals surface area contributed by atoms with Crippen LogP contribution in [0.2, 0.25) is 5.15 Å². The highest BCUT2D eigenvalue weighted by Gasteiger charge is 2.18. The summed E-state index contributed by atoms with van der Waals surface area (Å²) >= 11 is 5.61. The predicted octanol–water partition coefficient (Wildman–Crippen LogP) is 0.871. The molecule has 0 radical (unpaired) electrons. The molecule has 0 bridgehead atoms. The van der Waals surface area contributed by atoms with E-state index in [1.807, 2.05) is 0 Å². The molecule has 0 spiro atoms. The van der Waals surface area contributed by atoms with Gasteiger partial charge < -0.3 is 4.74 Å². The molecule has 0 amide bonds. The standard InChI is InChI=1S/C10H15ClN4O2S/c11-9-1-2-10(14-13-9)17-6-3-15-4-7-18(12,16)8-5-15/h1-2,12H,3-8H2. The van der Waals surface area contributed by atoms with E-state index in [-0.39, 0.29) is 0 Å². The van der Waals surface area contributed by atoms with Crippen molar-refractivity contribution in [3.63, 3.8) is 0 Å². The molecule has 18 heavy (non-hydrogen) atoms. The number of halogens is 1. The van der Waals surface area contributed by atoms with E-state index in [4.69, 9.17) is 21.1 Å². The van der Waals surface area contributed by atoms with Gasteiger partial charge in [-0.15, -0.1) is 10.2 Å². The van der Waals surface area contributed by atoms with Crippen LogP contribution in [0.25, 0.3) is 0 Å². The maximum Gasteiger partial charge on any atom is 0.233 e. The van der Waals surface area contributed by atoms with Crippen LogP contribution < -0.4 is 4.74 Å². The monoisotopic (exact) mass is 290 g/mol. The zero-order valence-corrected chi connectivity index (χ0v) is 11.4. The Morgan fingerprint density at radius 3 is 2.72 bits per heavy atom. The SMILES string of the molecule is N=S1(=O)CCN(CCOc2ccc(Cl)nn2)CC1. The first-order chi connectivity index (χ1) is 8.55. The first-order valence-electron chi connectivity index (χ1n) is 5.64. The summed E-state index contributed by atoms with van der Waals surface area (Å²) in [6, 6.07) is 3.29. The third-order valence-electron chi connectivity index (χ3n) is 2.74. The van der Waals surface area contributed by atoms with Gasteiger partial charge >= 0.3 is 0 Å². The molecule has 6 nitrogen and oxygen atoms in total. The second-order valence-corrected chi connectivity index (χ2v) is 6.93. The van der Waals surface area contributed by atoms with Gasteiger partial charge in [-0.1, -0.05) is 11.6 Å². The van der Waals surface area contributed by atoms with Crippen LogP contribution in [-0.4, -0.2) is 57.1 Å². The van der Waals surface area contributed by atoms with Crippen LogP contribution in [0.15, 0.2) is 12.1 Å². The lowest BCUT2D eigenvalue weighted by Gasteiger charge is -2.27. The van der Waals surface area contributed by atoms with Crippen molar-refractivity contribution in [2.75, 3.05) is 37.7 Å². The number of nitrogens with zero attached hydrogens (tertiary/aromatic N) is 3. The molecule has 1 aromatic heterocycles. The van der Waals surface area contributed by atoms with E-state index in [1.54, 1.807) is 12.1 Å². The smallest absolute Gasteiger partial charge is 0.233 e. The number of ether oxygens (including phenoxy) is 1. The summed E-state index contributed by atoms with van der Waals surface area (Å²) in [5.74, 6) is 1.35. The van der Waals surface area contributed by atoms with E-state index in [9.17, 15) is 4.21 Å². The van der Waals surface area contributed by atoms with Gasteiger partial charge in [0, 0.05) is 46.9 Å². The van der Waals surface area contributed by atoms with Gasteiger partial charge in [-0.3, -0.25) is 9.68 Å². The molecule has 0 unspecified atom stereocenters. The van der Waals surface area contributed by atoms with Crippen LogP contribution in [0.1, 0.15) is 0 Å². The van der Waals surface area contributed by atoms with Gasteiger partial charge in [-0.2, -0.15) is 0 Å². The average molecular weight is 291 g/mol. The minimum Gasteiger partial charge on any atom is -0.475 e. The van der Waals surface area contributed by atoms with Gasteiger partial charge in [-0.25, -0.2) is 4.21 Å². The average Bonchev–Trinajstić information content (AvgIpc) is 2.34. The summed E-state index contributed by atoms with van der Waals surface area (Å²) in [5, 5.41) is 7.80. The Bertz CT molecular complexity index is 477. The maximum absolute atomic E-state index is 11.5. The van der Waals surface area contributed by atoms with E-state index >= 15 is 0 Å². The van der Waals surface area contributed by atoms with Crippen LogP contribution in [0.4, 0.5) is 0 Å². The molecule has 1 N–H and O–H groups in total. The van der Waals surface area contributed by atoms with Crippen molar-refractivity contribution in [1.82, 2.24) is 15.1 Å². The van der Waals surface area contributed by atoms with E-state index in [0.29, 0.717) is 42.2 Å². The molecule has 8 heteroatoms. The van der Waals surface area contributed by atoms with Crippen molar-refractivity contribution in [1.29, 1.82) is 4.78 Å². The molecule has 2 rings (SSSR count). The number of hydrogen-bond acceptors (Lipinski definition) is 6. The Hall–Kier alpha value is -0.920. The molecule has 1 saturated heterocycles. The highest BCUT2D eigenvalue weighted by molar-refractivity contribution is 7.92. The zero-order chi connectivity index (χ0) is 13.0. The van der Waals surface area contributed by atoms with Crippen molar-refractivity contribution in [2.24, 2.45) is 0 Å². The summed E-state index contributed by atoms with van der Waals surface area (Å²) in [7, 11) is -2.32. The summed E-state index contributed by atoms with van der Waals surface area (Å²) in [6.07, 6.45) is 0. The van der Waals surface area contributed by atoms with Crippen molar-refractivity contribution in [3.05, 3.63) is 17.3 Å². The zero-order valence-electron chi connectivity index (χ0n) is 9.84. The molecular weight excluding hydrogens is 276 g/mol. The van der Waals surface area contributed by atoms with Crippen LogP contribution in [0.5, 0.6) is 5.88 Å². The van der Waals surface area contributed by atoms with Gasteiger partial charge in [0.1, 0.15) is 6.61 Å². The highest BCUT2D eigenvalue weighted by Crippen LogP contribution is 2.09. The topological polar surface area (TPSA) is 79.2 Å². The molecule has 1 aromatic rings. The van der Waals surface area contributed by atoms with E-state index in [2.05, 4.69) is 15.1 Å². The quantitative estimate of drug-likeness (QED) is 0.890. The van der Waals surface area contributed by atoms with Gasteiger partial charge in [0.25, 0.3) is 0 Å². The molecule has 0 aliphatic carbocycles. The van der Waals surface area contributed by atoms with Crippen LogP contribution in [0.3, 0.4) is 0 Å². The fourth-order valence-electron chi connectivity index (χ4n) is 1.65. The van der Waals surface area contributed by atoms with Crippen molar-refractivity contribution in [3.8, 4) is 5.88 Å². The van der Waals surface area contributed by atoms with Crippen LogP contribution in [-0.2, 0) is 9.73 Å². The first kappa shape index (κ1) is 13.5. The number of rotatable bonds is 4. The molecule has 1 fully saturated rings. The Morgan fingerprint density at radius 1 is 1.39 bits per heavy atom. The minimum atomic E-state index is -2.32. The predicted molar refractivity (Wildman–Crippen MR) is 69.6 cm³/mol. The Kier molecular flexibility index (Phi) is 4.36. The van der Waals surface area contributed by atoms with Crippen molar-refractivity contribution in [2.45, 2.75) is 0 Å². The number of aromatic nitrogens is 2. The molecule has 1 aliphatic heterocycles. The highest BCUT2D eigenvalue weighted by atomic mass is 35.5. The molecule has 0 atom stereocenters. The van der Waals surface area contributed by atoms with Gasteiger partial charge in [0.2, 0.25) is 5.88 Å². The summed E-state index contributed by atoms with van der Waals surface area (Å²) < 4.78 is 24.4. The Labute approximate surface area is 111 Å². The first-order valence-corrected chi connectivity index (χ1v) is 7.91. The molecule has 2 heterocycles. The summed E-state index contributed by atoms with van der Waals surface area (Å²) in [6.45, 7) is 2.62. The lowest BCUT2D eigenvalue weighted by Crippen LogP contribution is -2.41. The third kappa shape index (κ3) is 4.08. The summed E-state index contributed by atoms with van der Waals surface area (Å²) in [5.41, 5.74) is 0. The number of hydrogen-bond donors (Lipinski definition) is 1. The second-order valence-electron chi connectivity index (χ2n) is 4.10. The Balaban J connectivity index is 1.71. The molecule has 0 aromatic carbocycles. The van der Waals surface area contributed by atoms with E-state index in [0.717, 1.165) is 6.54 Å². The van der Waals surface area contributed by atoms with Crippen LogP contribution >= 0.6 is 11.6 Å². The van der Waals surface area contributed by atoms with Crippen molar-refractivity contribution < 1.29 is 8.95 Å². The minimum absolute atomic E-state index is 0.337. The second kappa shape index (κ2) is 5.81. The summed E-state index contributed by atoms with van der Waals surface area (Å²) in [4.78, 5) is 2.14. The van der Waals surface area contributed by atoms with E-state index < -0.39 is 9.73 Å². The Morgan fingerprint density at radius 2 is 2.11 bits per heavy atom. The van der Waals surface area contributed by atoms with Crippen LogP contribution in [0, 0.1) is 4.78 Å². The van der Waals surface area contributed by atoms with Gasteiger partial charge in [-0.05, 0) is 6.07 Å². The van der Waals surface area contributed by atoms with Gasteiger partial charge in [0.05, 0.1) is 0 Å². The normalized spacial score (nSPS) is 19.6. The third-order valence-corrected chi connectivity index (χ3v) is 4.63. The lowest BCUT2D eigenvalue weighted by atomic mass is 10.5. The fourth-order valence-corrected chi connectivity index (χ4v) is 3.06. The maximum atomic E-state index is 11.5.